The highest BCUT2D eigenvalue weighted by Crippen LogP contribution is 2.22. The number of rotatable bonds is 4. The van der Waals surface area contributed by atoms with Gasteiger partial charge >= 0.3 is 6.09 Å². The van der Waals surface area contributed by atoms with Crippen molar-refractivity contribution in [2.24, 2.45) is 0 Å². The van der Waals surface area contributed by atoms with E-state index in [1.165, 1.54) is 12.1 Å². The van der Waals surface area contributed by atoms with Gasteiger partial charge in [-0.15, -0.1) is 5.06 Å². The van der Waals surface area contributed by atoms with Crippen LogP contribution in [0.15, 0.2) is 18.2 Å². The summed E-state index contributed by atoms with van der Waals surface area (Å²) >= 11 is 0. The Hall–Kier alpha value is -2.26. The van der Waals surface area contributed by atoms with Crippen LogP contribution < -0.4 is 4.84 Å². The Morgan fingerprint density at radius 1 is 1.43 bits per heavy atom. The van der Waals surface area contributed by atoms with Crippen molar-refractivity contribution in [3.63, 3.8) is 0 Å². The quantitative estimate of drug-likeness (QED) is 0.862. The summed E-state index contributed by atoms with van der Waals surface area (Å²) in [6.45, 7) is 7.07. The number of hydrogen-bond acceptors (Lipinski definition) is 5. The number of hydrogen-bond donors (Lipinski definition) is 1. The molecule has 1 aromatic carbocycles. The van der Waals surface area contributed by atoms with E-state index in [0.29, 0.717) is 5.56 Å². The van der Waals surface area contributed by atoms with Gasteiger partial charge in [0.1, 0.15) is 11.7 Å². The molecule has 0 aliphatic heterocycles. The van der Waals surface area contributed by atoms with Gasteiger partial charge in [-0.05, 0) is 45.4 Å². The van der Waals surface area contributed by atoms with Crippen LogP contribution in [-0.2, 0) is 11.3 Å². The minimum atomic E-state index is -0.640. The maximum atomic E-state index is 12.0. The van der Waals surface area contributed by atoms with Crippen LogP contribution in [0.2, 0.25) is 0 Å². The fourth-order valence-corrected chi connectivity index (χ4v) is 1.50. The van der Waals surface area contributed by atoms with Crippen LogP contribution in [-0.4, -0.2) is 28.4 Å². The van der Waals surface area contributed by atoms with E-state index in [2.05, 4.69) is 0 Å². The zero-order valence-electron chi connectivity index (χ0n) is 12.7. The average molecular weight is 292 g/mol. The Labute approximate surface area is 124 Å². The molecule has 0 atom stereocenters. The fourth-order valence-electron chi connectivity index (χ4n) is 1.50. The molecule has 0 aliphatic carbocycles. The number of ether oxygens (including phenoxy) is 1. The van der Waals surface area contributed by atoms with E-state index in [1.807, 2.05) is 6.07 Å². The van der Waals surface area contributed by atoms with Crippen molar-refractivity contribution >= 4 is 6.09 Å². The molecule has 0 heterocycles. The van der Waals surface area contributed by atoms with Crippen LogP contribution in [0.5, 0.6) is 5.75 Å². The summed E-state index contributed by atoms with van der Waals surface area (Å²) in [4.78, 5) is 17.5. The molecule has 0 saturated heterocycles. The Morgan fingerprint density at radius 2 is 2.10 bits per heavy atom. The molecule has 114 valence electrons. The van der Waals surface area contributed by atoms with Crippen molar-refractivity contribution in [2.75, 3.05) is 6.54 Å². The summed E-state index contributed by atoms with van der Waals surface area (Å²) < 4.78 is 5.22. The van der Waals surface area contributed by atoms with Gasteiger partial charge in [-0.25, -0.2) is 4.79 Å². The average Bonchev–Trinajstić information content (AvgIpc) is 2.42. The summed E-state index contributed by atoms with van der Waals surface area (Å²) in [5, 5.41) is 19.2. The fraction of sp³-hybridized carbons (Fsp3) is 0.467. The Morgan fingerprint density at radius 3 is 2.57 bits per heavy atom. The standard InChI is InChI=1S/C15H20N2O4/c1-5-17(14(19)20-15(2,3)4)21-13-8-11(10-18)6-7-12(13)9-16/h6-8,18H,5,10H2,1-4H3. The van der Waals surface area contributed by atoms with Crippen LogP contribution in [0.3, 0.4) is 0 Å². The maximum absolute atomic E-state index is 12.0. The molecule has 21 heavy (non-hydrogen) atoms. The minimum Gasteiger partial charge on any atom is -0.442 e. The molecular formula is C15H20N2O4. The highest BCUT2D eigenvalue weighted by molar-refractivity contribution is 5.67. The van der Waals surface area contributed by atoms with Crippen LogP contribution in [0.25, 0.3) is 0 Å². The van der Waals surface area contributed by atoms with Crippen molar-refractivity contribution in [1.29, 1.82) is 5.26 Å². The van der Waals surface area contributed by atoms with Gasteiger partial charge in [0.15, 0.2) is 5.75 Å². The summed E-state index contributed by atoms with van der Waals surface area (Å²) in [6, 6.07) is 6.65. The molecule has 6 heteroatoms. The van der Waals surface area contributed by atoms with Gasteiger partial charge in [-0.1, -0.05) is 6.07 Å². The van der Waals surface area contributed by atoms with E-state index in [4.69, 9.17) is 19.9 Å². The van der Waals surface area contributed by atoms with Crippen molar-refractivity contribution in [3.05, 3.63) is 29.3 Å². The Bertz CT molecular complexity index is 544. The van der Waals surface area contributed by atoms with Crippen LogP contribution in [0, 0.1) is 11.3 Å². The van der Waals surface area contributed by atoms with E-state index in [0.717, 1.165) is 5.06 Å². The SMILES string of the molecule is CCN(Oc1cc(CO)ccc1C#N)C(=O)OC(C)(C)C. The number of benzene rings is 1. The maximum Gasteiger partial charge on any atom is 0.443 e. The number of aliphatic hydroxyl groups excluding tert-OH is 1. The van der Waals surface area contributed by atoms with Crippen LogP contribution in [0.1, 0.15) is 38.8 Å². The Kier molecular flexibility index (Phi) is 5.56. The molecule has 6 nitrogen and oxygen atoms in total. The molecule has 0 aliphatic rings. The number of amides is 1. The first-order valence-electron chi connectivity index (χ1n) is 6.63. The number of hydroxylamine groups is 2. The number of carbonyl (C=O) groups excluding carboxylic acids is 1. The second kappa shape index (κ2) is 6.95. The number of aliphatic hydroxyl groups is 1. The van der Waals surface area contributed by atoms with E-state index in [-0.39, 0.29) is 24.5 Å². The van der Waals surface area contributed by atoms with Crippen LogP contribution >= 0.6 is 0 Å². The molecule has 0 saturated carbocycles. The molecule has 1 rings (SSSR count). The first kappa shape index (κ1) is 16.8. The lowest BCUT2D eigenvalue weighted by atomic mass is 10.1. The lowest BCUT2D eigenvalue weighted by molar-refractivity contribution is -0.0695. The first-order valence-corrected chi connectivity index (χ1v) is 6.63. The van der Waals surface area contributed by atoms with Crippen molar-refractivity contribution in [3.8, 4) is 11.8 Å². The molecule has 0 unspecified atom stereocenters. The molecule has 0 spiro atoms. The zero-order valence-corrected chi connectivity index (χ0v) is 12.7. The highest BCUT2D eigenvalue weighted by Gasteiger charge is 2.23. The molecule has 0 radical (unpaired) electrons. The molecular weight excluding hydrogens is 272 g/mol. The summed E-state index contributed by atoms with van der Waals surface area (Å²) in [5.41, 5.74) is 0.220. The number of nitrogens with zero attached hydrogens (tertiary/aromatic N) is 2. The van der Waals surface area contributed by atoms with E-state index < -0.39 is 11.7 Å². The molecule has 0 fully saturated rings. The minimum absolute atomic E-state index is 0.180. The van der Waals surface area contributed by atoms with Gasteiger partial charge in [0.25, 0.3) is 0 Å². The third kappa shape index (κ3) is 4.97. The highest BCUT2D eigenvalue weighted by atomic mass is 16.7. The zero-order chi connectivity index (χ0) is 16.0. The van der Waals surface area contributed by atoms with E-state index in [1.54, 1.807) is 33.8 Å². The molecule has 0 bridgehead atoms. The predicted molar refractivity (Wildman–Crippen MR) is 76.3 cm³/mol. The van der Waals surface area contributed by atoms with Crippen molar-refractivity contribution in [2.45, 2.75) is 39.9 Å². The summed E-state index contributed by atoms with van der Waals surface area (Å²) in [6.07, 6.45) is -0.636. The van der Waals surface area contributed by atoms with Gasteiger partial charge < -0.3 is 14.7 Å². The molecule has 1 N–H and O–H groups in total. The second-order valence-electron chi connectivity index (χ2n) is 5.37. The van der Waals surface area contributed by atoms with Gasteiger partial charge in [-0.2, -0.15) is 5.26 Å². The number of carbonyl (C=O) groups is 1. The third-order valence-electron chi connectivity index (χ3n) is 2.44. The van der Waals surface area contributed by atoms with Gasteiger partial charge in [0, 0.05) is 0 Å². The summed E-state index contributed by atoms with van der Waals surface area (Å²) in [7, 11) is 0. The molecule has 0 aromatic heterocycles. The van der Waals surface area contributed by atoms with Gasteiger partial charge in [0.05, 0.1) is 18.7 Å². The van der Waals surface area contributed by atoms with Gasteiger partial charge in [0.2, 0.25) is 0 Å². The number of nitriles is 1. The smallest absolute Gasteiger partial charge is 0.442 e. The van der Waals surface area contributed by atoms with Crippen molar-refractivity contribution in [1.82, 2.24) is 5.06 Å². The van der Waals surface area contributed by atoms with E-state index >= 15 is 0 Å². The largest absolute Gasteiger partial charge is 0.443 e. The lowest BCUT2D eigenvalue weighted by Crippen LogP contribution is -2.39. The van der Waals surface area contributed by atoms with Crippen molar-refractivity contribution < 1.29 is 19.5 Å². The van der Waals surface area contributed by atoms with Crippen LogP contribution in [0.4, 0.5) is 4.79 Å². The topological polar surface area (TPSA) is 82.8 Å². The lowest BCUT2D eigenvalue weighted by Gasteiger charge is -2.26. The Balaban J connectivity index is 2.96. The third-order valence-corrected chi connectivity index (χ3v) is 2.44. The van der Waals surface area contributed by atoms with Gasteiger partial charge in [-0.3, -0.25) is 0 Å². The monoisotopic (exact) mass is 292 g/mol. The van der Waals surface area contributed by atoms with E-state index in [9.17, 15) is 4.79 Å². The summed E-state index contributed by atoms with van der Waals surface area (Å²) in [5.74, 6) is 0.205. The first-order chi connectivity index (χ1) is 9.80. The predicted octanol–water partition coefficient (Wildman–Crippen LogP) is 2.60. The second-order valence-corrected chi connectivity index (χ2v) is 5.37. The molecule has 1 amide bonds. The molecule has 1 aromatic rings. The normalized spacial score (nSPS) is 10.7.